The van der Waals surface area contributed by atoms with Crippen LogP contribution < -0.4 is 10.5 Å². The predicted octanol–water partition coefficient (Wildman–Crippen LogP) is 2.79. The molecule has 0 radical (unpaired) electrons. The van der Waals surface area contributed by atoms with E-state index in [0.29, 0.717) is 11.4 Å². The van der Waals surface area contributed by atoms with E-state index in [1.165, 1.54) is 6.20 Å². The molecule has 0 amide bonds. The van der Waals surface area contributed by atoms with Gasteiger partial charge in [0.15, 0.2) is 0 Å². The molecule has 0 saturated carbocycles. The molecule has 2 N–H and O–H groups in total. The minimum atomic E-state index is -0.710. The maximum Gasteiger partial charge on any atom is 0.145 e. The van der Waals surface area contributed by atoms with E-state index in [-0.39, 0.29) is 10.7 Å². The number of nitrogens with two attached hydrogens (primary N) is 1. The van der Waals surface area contributed by atoms with Gasteiger partial charge in [0, 0.05) is 18.2 Å². The normalized spacial score (nSPS) is 10.1. The lowest BCUT2D eigenvalue weighted by atomic mass is 10.3. The zero-order chi connectivity index (χ0) is 13.1. The van der Waals surface area contributed by atoms with Gasteiger partial charge in [-0.15, -0.1) is 0 Å². The molecule has 0 aliphatic rings. The minimum Gasteiger partial charge on any atom is -0.456 e. The quantitative estimate of drug-likeness (QED) is 0.868. The molecule has 3 nitrogen and oxygen atoms in total. The smallest absolute Gasteiger partial charge is 0.145 e. The zero-order valence-electron chi connectivity index (χ0n) is 9.06. The molecule has 0 atom stereocenters. The molecular formula is C12H8F2N2OS. The number of ether oxygens (including phenoxy) is 1. The molecule has 0 aliphatic carbocycles. The van der Waals surface area contributed by atoms with Crippen LogP contribution >= 0.6 is 12.2 Å². The number of halogens is 2. The Morgan fingerprint density at radius 2 is 1.78 bits per heavy atom. The second-order valence-electron chi connectivity index (χ2n) is 3.45. The maximum absolute atomic E-state index is 12.9. The molecule has 2 rings (SSSR count). The van der Waals surface area contributed by atoms with E-state index >= 15 is 0 Å². The zero-order valence-corrected chi connectivity index (χ0v) is 9.88. The Morgan fingerprint density at radius 1 is 1.11 bits per heavy atom. The summed E-state index contributed by atoms with van der Waals surface area (Å²) in [5.74, 6) is -1.03. The summed E-state index contributed by atoms with van der Waals surface area (Å²) in [7, 11) is 0. The lowest BCUT2D eigenvalue weighted by molar-refractivity contribution is 0.466. The third-order valence-electron chi connectivity index (χ3n) is 2.06. The summed E-state index contributed by atoms with van der Waals surface area (Å²) < 4.78 is 31.1. The lowest BCUT2D eigenvalue weighted by Gasteiger charge is -2.06. The van der Waals surface area contributed by atoms with Crippen molar-refractivity contribution in [3.63, 3.8) is 0 Å². The molecule has 2 aromatic rings. The van der Waals surface area contributed by atoms with Crippen LogP contribution in [0.3, 0.4) is 0 Å². The van der Waals surface area contributed by atoms with Crippen molar-refractivity contribution in [1.29, 1.82) is 0 Å². The number of pyridine rings is 1. The molecule has 0 aliphatic heterocycles. The van der Waals surface area contributed by atoms with Gasteiger partial charge in [-0.05, 0) is 12.1 Å². The van der Waals surface area contributed by atoms with Gasteiger partial charge in [0.2, 0.25) is 0 Å². The second kappa shape index (κ2) is 5.05. The summed E-state index contributed by atoms with van der Waals surface area (Å²) in [4.78, 5) is 4.11. The summed E-state index contributed by atoms with van der Waals surface area (Å²) in [5.41, 5.74) is 5.83. The largest absolute Gasteiger partial charge is 0.456 e. The van der Waals surface area contributed by atoms with Crippen LogP contribution in [0.1, 0.15) is 5.69 Å². The van der Waals surface area contributed by atoms with E-state index in [4.69, 9.17) is 22.7 Å². The molecule has 92 valence electrons. The van der Waals surface area contributed by atoms with Crippen LogP contribution in [-0.2, 0) is 0 Å². The van der Waals surface area contributed by atoms with Gasteiger partial charge >= 0.3 is 0 Å². The molecule has 0 fully saturated rings. The number of hydrogen-bond acceptors (Lipinski definition) is 3. The number of thiocarbonyl (C=S) groups is 1. The number of benzene rings is 1. The van der Waals surface area contributed by atoms with Crippen molar-refractivity contribution in [2.24, 2.45) is 5.73 Å². The van der Waals surface area contributed by atoms with Crippen molar-refractivity contribution in [3.05, 3.63) is 53.9 Å². The summed E-state index contributed by atoms with van der Waals surface area (Å²) in [6.07, 6.45) is 1.37. The Morgan fingerprint density at radius 3 is 2.28 bits per heavy atom. The first-order chi connectivity index (χ1) is 8.54. The third-order valence-corrected chi connectivity index (χ3v) is 2.27. The van der Waals surface area contributed by atoms with E-state index < -0.39 is 11.6 Å². The van der Waals surface area contributed by atoms with E-state index in [1.807, 2.05) is 0 Å². The SMILES string of the molecule is NC(=S)c1ccc(Oc2cc(F)cc(F)c2)cn1. The molecule has 0 unspecified atom stereocenters. The van der Waals surface area contributed by atoms with Crippen LogP contribution in [-0.4, -0.2) is 9.97 Å². The molecule has 1 heterocycles. The summed E-state index contributed by atoms with van der Waals surface area (Å²) >= 11 is 4.74. The Hall–Kier alpha value is -2.08. The highest BCUT2D eigenvalue weighted by atomic mass is 32.1. The predicted molar refractivity (Wildman–Crippen MR) is 66.6 cm³/mol. The highest BCUT2D eigenvalue weighted by molar-refractivity contribution is 7.80. The van der Waals surface area contributed by atoms with Gasteiger partial charge in [-0.3, -0.25) is 0 Å². The van der Waals surface area contributed by atoms with Gasteiger partial charge in [-0.2, -0.15) is 0 Å². The summed E-state index contributed by atoms with van der Waals surface area (Å²) in [6, 6.07) is 6.04. The standard InChI is InChI=1S/C12H8F2N2OS/c13-7-3-8(14)5-10(4-7)17-9-1-2-11(12(15)18)16-6-9/h1-6H,(H2,15,18). The lowest BCUT2D eigenvalue weighted by Crippen LogP contribution is -2.10. The molecule has 0 bridgehead atoms. The van der Waals surface area contributed by atoms with Crippen LogP contribution in [0.25, 0.3) is 0 Å². The fourth-order valence-corrected chi connectivity index (χ4v) is 1.43. The Bertz CT molecular complexity index is 567. The Kier molecular flexibility index (Phi) is 3.47. The summed E-state index contributed by atoms with van der Waals surface area (Å²) in [6.45, 7) is 0. The second-order valence-corrected chi connectivity index (χ2v) is 3.89. The first kappa shape index (κ1) is 12.4. The fourth-order valence-electron chi connectivity index (χ4n) is 1.31. The minimum absolute atomic E-state index is 0.0531. The molecule has 0 saturated heterocycles. The van der Waals surface area contributed by atoms with Crippen molar-refractivity contribution in [2.75, 3.05) is 0 Å². The topological polar surface area (TPSA) is 48.1 Å². The van der Waals surface area contributed by atoms with Crippen molar-refractivity contribution in [3.8, 4) is 11.5 Å². The summed E-state index contributed by atoms with van der Waals surface area (Å²) in [5, 5.41) is 0. The van der Waals surface area contributed by atoms with Crippen LogP contribution in [0.4, 0.5) is 8.78 Å². The van der Waals surface area contributed by atoms with E-state index in [0.717, 1.165) is 18.2 Å². The maximum atomic E-state index is 12.9. The van der Waals surface area contributed by atoms with Crippen LogP contribution in [0.5, 0.6) is 11.5 Å². The van der Waals surface area contributed by atoms with Gasteiger partial charge < -0.3 is 10.5 Å². The number of rotatable bonds is 3. The fraction of sp³-hybridized carbons (Fsp3) is 0. The van der Waals surface area contributed by atoms with Crippen LogP contribution in [0.2, 0.25) is 0 Å². The van der Waals surface area contributed by atoms with Gasteiger partial charge in [-0.25, -0.2) is 13.8 Å². The van der Waals surface area contributed by atoms with E-state index in [9.17, 15) is 8.78 Å². The average molecular weight is 266 g/mol. The third kappa shape index (κ3) is 2.98. The average Bonchev–Trinajstić information content (AvgIpc) is 2.28. The van der Waals surface area contributed by atoms with E-state index in [1.54, 1.807) is 12.1 Å². The van der Waals surface area contributed by atoms with Crippen LogP contribution in [0.15, 0.2) is 36.5 Å². The molecule has 1 aromatic heterocycles. The van der Waals surface area contributed by atoms with Crippen LogP contribution in [0, 0.1) is 11.6 Å². The van der Waals surface area contributed by atoms with Crippen molar-refractivity contribution in [1.82, 2.24) is 4.98 Å². The Balaban J connectivity index is 2.20. The first-order valence-corrected chi connectivity index (χ1v) is 5.35. The highest BCUT2D eigenvalue weighted by Crippen LogP contribution is 2.22. The first-order valence-electron chi connectivity index (χ1n) is 4.94. The Labute approximate surface area is 107 Å². The number of nitrogens with zero attached hydrogens (tertiary/aromatic N) is 1. The van der Waals surface area contributed by atoms with Gasteiger partial charge in [-0.1, -0.05) is 12.2 Å². The molecular weight excluding hydrogens is 258 g/mol. The van der Waals surface area contributed by atoms with Gasteiger partial charge in [0.05, 0.1) is 11.9 Å². The van der Waals surface area contributed by atoms with Crippen molar-refractivity contribution >= 4 is 17.2 Å². The van der Waals surface area contributed by atoms with Crippen molar-refractivity contribution in [2.45, 2.75) is 0 Å². The monoisotopic (exact) mass is 266 g/mol. The number of aromatic nitrogens is 1. The van der Waals surface area contributed by atoms with E-state index in [2.05, 4.69) is 4.98 Å². The van der Waals surface area contributed by atoms with Gasteiger partial charge in [0.1, 0.15) is 28.1 Å². The highest BCUT2D eigenvalue weighted by Gasteiger charge is 2.04. The number of hydrogen-bond donors (Lipinski definition) is 1. The van der Waals surface area contributed by atoms with Gasteiger partial charge in [0.25, 0.3) is 0 Å². The molecule has 1 aromatic carbocycles. The van der Waals surface area contributed by atoms with Crippen molar-refractivity contribution < 1.29 is 13.5 Å². The molecule has 6 heteroatoms. The molecule has 18 heavy (non-hydrogen) atoms. The molecule has 0 spiro atoms.